The number of nitrogens with zero attached hydrogens (tertiary/aromatic N) is 1. The molecule has 0 fully saturated rings. The van der Waals surface area contributed by atoms with Crippen LogP contribution < -0.4 is 10.6 Å². The summed E-state index contributed by atoms with van der Waals surface area (Å²) in [6.07, 6.45) is -0.161. The minimum atomic E-state index is -1.05. The summed E-state index contributed by atoms with van der Waals surface area (Å²) in [5.41, 5.74) is 2.08. The van der Waals surface area contributed by atoms with E-state index in [1.165, 1.54) is 6.07 Å². The van der Waals surface area contributed by atoms with Gasteiger partial charge in [0.05, 0.1) is 0 Å². The monoisotopic (exact) mass is 553 g/mol. The number of carbonyl (C=O) groups excluding carboxylic acids is 3. The number of hydrogen-bond donors (Lipinski definition) is 3. The van der Waals surface area contributed by atoms with Gasteiger partial charge in [-0.15, -0.1) is 0 Å². The first kappa shape index (κ1) is 32.7. The summed E-state index contributed by atoms with van der Waals surface area (Å²) >= 11 is 0. The first-order valence-corrected chi connectivity index (χ1v) is 13.9. The van der Waals surface area contributed by atoms with Crippen LogP contribution in [-0.4, -0.2) is 45.1 Å². The Labute approximate surface area is 239 Å². The van der Waals surface area contributed by atoms with Crippen LogP contribution in [0.5, 0.6) is 5.75 Å². The van der Waals surface area contributed by atoms with Crippen molar-refractivity contribution in [3.8, 4) is 5.75 Å². The molecular weight excluding hydrogens is 506 g/mol. The molecule has 0 saturated carbocycles. The molecule has 2 aromatic carbocycles. The molecule has 0 spiro atoms. The van der Waals surface area contributed by atoms with Crippen LogP contribution in [0.25, 0.3) is 0 Å². The van der Waals surface area contributed by atoms with E-state index >= 15 is 0 Å². The Kier molecular flexibility index (Phi) is 10.4. The van der Waals surface area contributed by atoms with Gasteiger partial charge in [-0.2, -0.15) is 0 Å². The molecular formula is C32H47N3O5. The van der Waals surface area contributed by atoms with Crippen molar-refractivity contribution < 1.29 is 24.2 Å². The van der Waals surface area contributed by atoms with Crippen molar-refractivity contribution in [2.24, 2.45) is 5.92 Å². The number of aromatic hydroxyl groups is 1. The van der Waals surface area contributed by atoms with Crippen molar-refractivity contribution in [1.29, 1.82) is 0 Å². The van der Waals surface area contributed by atoms with E-state index in [1.807, 2.05) is 66.7 Å². The number of aryl methyl sites for hydroxylation is 3. The van der Waals surface area contributed by atoms with Gasteiger partial charge in [0.15, 0.2) is 0 Å². The van der Waals surface area contributed by atoms with Gasteiger partial charge in [0.25, 0.3) is 5.91 Å². The highest BCUT2D eigenvalue weighted by Gasteiger charge is 2.44. The summed E-state index contributed by atoms with van der Waals surface area (Å²) in [6, 6.07) is 8.67. The van der Waals surface area contributed by atoms with Gasteiger partial charge in [-0.3, -0.25) is 9.59 Å². The fourth-order valence-electron chi connectivity index (χ4n) is 4.51. The van der Waals surface area contributed by atoms with Crippen LogP contribution in [-0.2, 0) is 14.3 Å². The van der Waals surface area contributed by atoms with Gasteiger partial charge in [0.2, 0.25) is 5.91 Å². The topological polar surface area (TPSA) is 108 Å². The third-order valence-electron chi connectivity index (χ3n) is 7.13. The minimum Gasteiger partial charge on any atom is -0.508 e. The minimum absolute atomic E-state index is 0.0944. The summed E-state index contributed by atoms with van der Waals surface area (Å²) < 4.78 is 5.46. The first-order valence-electron chi connectivity index (χ1n) is 13.9. The van der Waals surface area contributed by atoms with Gasteiger partial charge in [-0.1, -0.05) is 45.0 Å². The lowest BCUT2D eigenvalue weighted by atomic mass is 9.90. The van der Waals surface area contributed by atoms with Gasteiger partial charge in [0, 0.05) is 11.2 Å². The van der Waals surface area contributed by atoms with E-state index in [-0.39, 0.29) is 11.7 Å². The number of benzene rings is 2. The summed E-state index contributed by atoms with van der Waals surface area (Å²) in [5.74, 6) is -0.992. The first-order chi connectivity index (χ1) is 18.4. The average Bonchev–Trinajstić information content (AvgIpc) is 2.83. The number of carbonyl (C=O) groups is 3. The molecule has 220 valence electrons. The number of para-hydroxylation sites is 1. The molecule has 0 bridgehead atoms. The molecule has 3 N–H and O–H groups in total. The van der Waals surface area contributed by atoms with Gasteiger partial charge < -0.3 is 25.4 Å². The molecule has 0 saturated heterocycles. The van der Waals surface area contributed by atoms with Crippen LogP contribution in [0.2, 0.25) is 0 Å². The molecule has 0 aliphatic rings. The maximum absolute atomic E-state index is 14.5. The SMILES string of the molecule is CCC(C)(C)N(C(=O)C(NC(=O)OC(C)(C)C)C(C)C)C(C(=O)Nc1c(C)cccc1C)c1ccc(O)c(C)c1. The van der Waals surface area contributed by atoms with Crippen LogP contribution in [0.1, 0.15) is 90.1 Å². The number of phenolic OH excluding ortho intramolecular Hbond substituents is 1. The van der Waals surface area contributed by atoms with Crippen molar-refractivity contribution >= 4 is 23.6 Å². The third-order valence-corrected chi connectivity index (χ3v) is 7.13. The number of phenols is 1. The summed E-state index contributed by atoms with van der Waals surface area (Å²) in [4.78, 5) is 43.1. The number of anilines is 1. The van der Waals surface area contributed by atoms with E-state index < -0.39 is 41.1 Å². The van der Waals surface area contributed by atoms with Crippen LogP contribution in [0.4, 0.5) is 10.5 Å². The molecule has 8 nitrogen and oxygen atoms in total. The Bertz CT molecular complexity index is 1210. The predicted molar refractivity (Wildman–Crippen MR) is 159 cm³/mol. The summed E-state index contributed by atoms with van der Waals surface area (Å²) in [7, 11) is 0. The van der Waals surface area contributed by atoms with E-state index in [0.717, 1.165) is 11.1 Å². The Hall–Kier alpha value is -3.55. The van der Waals surface area contributed by atoms with Crippen molar-refractivity contribution in [2.45, 2.75) is 106 Å². The van der Waals surface area contributed by atoms with E-state index in [1.54, 1.807) is 44.7 Å². The lowest BCUT2D eigenvalue weighted by molar-refractivity contribution is -0.148. The van der Waals surface area contributed by atoms with Crippen molar-refractivity contribution in [3.63, 3.8) is 0 Å². The molecule has 0 aliphatic carbocycles. The number of rotatable bonds is 9. The number of amides is 3. The predicted octanol–water partition coefficient (Wildman–Crippen LogP) is 6.56. The normalized spacial score (nSPS) is 13.4. The van der Waals surface area contributed by atoms with Crippen molar-refractivity contribution in [2.75, 3.05) is 5.32 Å². The van der Waals surface area contributed by atoms with Crippen LogP contribution in [0.15, 0.2) is 36.4 Å². The fourth-order valence-corrected chi connectivity index (χ4v) is 4.51. The quantitative estimate of drug-likeness (QED) is 0.326. The van der Waals surface area contributed by atoms with Crippen LogP contribution in [0.3, 0.4) is 0 Å². The summed E-state index contributed by atoms with van der Waals surface area (Å²) in [5, 5.41) is 16.1. The van der Waals surface area contributed by atoms with E-state index in [9.17, 15) is 19.5 Å². The largest absolute Gasteiger partial charge is 0.508 e. The lowest BCUT2D eigenvalue weighted by Gasteiger charge is -2.45. The highest BCUT2D eigenvalue weighted by Crippen LogP contribution is 2.35. The van der Waals surface area contributed by atoms with Gasteiger partial charge in [-0.25, -0.2) is 4.79 Å². The second kappa shape index (κ2) is 12.7. The van der Waals surface area contributed by atoms with Crippen LogP contribution in [0, 0.1) is 26.7 Å². The molecule has 0 heterocycles. The molecule has 8 heteroatoms. The van der Waals surface area contributed by atoms with E-state index in [2.05, 4.69) is 10.6 Å². The summed E-state index contributed by atoms with van der Waals surface area (Å²) in [6.45, 7) is 20.3. The molecule has 0 aliphatic heterocycles. The third kappa shape index (κ3) is 7.99. The van der Waals surface area contributed by atoms with E-state index in [4.69, 9.17) is 4.74 Å². The lowest BCUT2D eigenvalue weighted by Crippen LogP contribution is -2.60. The maximum Gasteiger partial charge on any atom is 0.408 e. The van der Waals surface area contributed by atoms with Gasteiger partial charge >= 0.3 is 6.09 Å². The van der Waals surface area contributed by atoms with Crippen molar-refractivity contribution in [1.82, 2.24) is 10.2 Å². The number of hydrogen-bond acceptors (Lipinski definition) is 5. The highest BCUT2D eigenvalue weighted by atomic mass is 16.6. The smallest absolute Gasteiger partial charge is 0.408 e. The average molecular weight is 554 g/mol. The second-order valence-electron chi connectivity index (χ2n) is 12.4. The molecule has 2 atom stereocenters. The standard InChI is InChI=1S/C32H47N3O5/c1-12-32(10,11)35(29(38)25(19(2)3)34-30(39)40-31(7,8)9)27(23-16-17-24(36)22(6)18-23)28(37)33-26-20(4)14-13-15-21(26)5/h13-19,25,27,36H,12H2,1-11H3,(H,33,37)(H,34,39). The maximum atomic E-state index is 14.5. The molecule has 0 aromatic heterocycles. The molecule has 2 rings (SSSR count). The molecule has 3 amide bonds. The van der Waals surface area contributed by atoms with E-state index in [0.29, 0.717) is 23.2 Å². The number of ether oxygens (including phenoxy) is 1. The molecule has 2 unspecified atom stereocenters. The number of alkyl carbamates (subject to hydrolysis) is 1. The second-order valence-corrected chi connectivity index (χ2v) is 12.4. The zero-order valence-electron chi connectivity index (χ0n) is 25.9. The Morgan fingerprint density at radius 2 is 1.52 bits per heavy atom. The van der Waals surface area contributed by atoms with Gasteiger partial charge in [-0.05, 0) is 102 Å². The van der Waals surface area contributed by atoms with Crippen LogP contribution >= 0.6 is 0 Å². The number of nitrogens with one attached hydrogen (secondary N) is 2. The van der Waals surface area contributed by atoms with Gasteiger partial charge in [0.1, 0.15) is 23.4 Å². The fraction of sp³-hybridized carbons (Fsp3) is 0.531. The Balaban J connectivity index is 2.71. The molecule has 0 radical (unpaired) electrons. The zero-order chi connectivity index (χ0) is 30.6. The zero-order valence-corrected chi connectivity index (χ0v) is 25.9. The van der Waals surface area contributed by atoms with Crippen molar-refractivity contribution in [3.05, 3.63) is 58.7 Å². The Morgan fingerprint density at radius 3 is 2.00 bits per heavy atom. The Morgan fingerprint density at radius 1 is 0.950 bits per heavy atom. The highest BCUT2D eigenvalue weighted by molar-refractivity contribution is 6.00. The molecule has 2 aromatic rings. The molecule has 40 heavy (non-hydrogen) atoms.